The van der Waals surface area contributed by atoms with Gasteiger partial charge >= 0.3 is 0 Å². The van der Waals surface area contributed by atoms with Crippen LogP contribution in [0.25, 0.3) is 0 Å². The minimum absolute atomic E-state index is 0.0671. The fraction of sp³-hybridized carbons (Fsp3) is 0.364. The third kappa shape index (κ3) is 1.50. The normalized spacial score (nSPS) is 20.1. The molecular formula is C11H12ClNO. The molecule has 3 heteroatoms. The van der Waals surface area contributed by atoms with E-state index < -0.39 is 0 Å². The van der Waals surface area contributed by atoms with E-state index in [2.05, 4.69) is 12.2 Å². The molecule has 2 nitrogen and oxygen atoms in total. The second-order valence-corrected chi connectivity index (χ2v) is 3.97. The van der Waals surface area contributed by atoms with Crippen LogP contribution in [0.4, 0.5) is 5.69 Å². The van der Waals surface area contributed by atoms with Crippen LogP contribution in [0.5, 0.6) is 0 Å². The number of carbonyl (C=O) groups excluding carboxylic acids is 1. The molecule has 0 radical (unpaired) electrons. The minimum atomic E-state index is 0.0671. The lowest BCUT2D eigenvalue weighted by Crippen LogP contribution is -2.22. The van der Waals surface area contributed by atoms with Gasteiger partial charge in [-0.05, 0) is 24.0 Å². The summed E-state index contributed by atoms with van der Waals surface area (Å²) in [5.74, 6) is 0.384. The van der Waals surface area contributed by atoms with E-state index in [-0.39, 0.29) is 5.91 Å². The van der Waals surface area contributed by atoms with Gasteiger partial charge in [-0.25, -0.2) is 0 Å². The second kappa shape index (κ2) is 3.62. The highest BCUT2D eigenvalue weighted by Gasteiger charge is 2.24. The number of hydrogen-bond acceptors (Lipinski definition) is 1. The maximum Gasteiger partial charge on any atom is 0.225 e. The lowest BCUT2D eigenvalue weighted by Gasteiger charge is -2.25. The molecule has 0 bridgehead atoms. The van der Waals surface area contributed by atoms with Crippen molar-refractivity contribution in [1.29, 1.82) is 0 Å². The summed E-state index contributed by atoms with van der Waals surface area (Å²) in [6, 6.07) is 5.77. The molecule has 2 rings (SSSR count). The van der Waals surface area contributed by atoms with Gasteiger partial charge in [0.1, 0.15) is 0 Å². The Morgan fingerprint density at radius 3 is 3.07 bits per heavy atom. The van der Waals surface area contributed by atoms with E-state index in [1.165, 1.54) is 5.56 Å². The molecule has 1 aromatic carbocycles. The van der Waals surface area contributed by atoms with Crippen LogP contribution in [0.3, 0.4) is 0 Å². The fourth-order valence-electron chi connectivity index (χ4n) is 1.90. The Bertz CT molecular complexity index is 376. The van der Waals surface area contributed by atoms with Crippen molar-refractivity contribution in [2.45, 2.75) is 25.7 Å². The summed E-state index contributed by atoms with van der Waals surface area (Å²) in [6.07, 6.45) is 1.55. The van der Waals surface area contributed by atoms with Gasteiger partial charge in [0.15, 0.2) is 0 Å². The minimum Gasteiger partial charge on any atom is -0.325 e. The zero-order chi connectivity index (χ0) is 10.1. The molecule has 14 heavy (non-hydrogen) atoms. The lowest BCUT2D eigenvalue weighted by atomic mass is 9.89. The lowest BCUT2D eigenvalue weighted by molar-refractivity contribution is -0.116. The molecule has 1 heterocycles. The molecule has 1 atom stereocenters. The average Bonchev–Trinajstić information content (AvgIpc) is 2.18. The summed E-state index contributed by atoms with van der Waals surface area (Å²) in [7, 11) is 0. The van der Waals surface area contributed by atoms with E-state index in [0.717, 1.165) is 12.1 Å². The third-order valence-corrected chi connectivity index (χ3v) is 2.99. The molecule has 1 unspecified atom stereocenters. The Balaban J connectivity index is 2.50. The zero-order valence-corrected chi connectivity index (χ0v) is 8.77. The van der Waals surface area contributed by atoms with Crippen molar-refractivity contribution >= 4 is 23.2 Å². The molecule has 0 aromatic heterocycles. The summed E-state index contributed by atoms with van der Waals surface area (Å²) in [4.78, 5) is 11.4. The van der Waals surface area contributed by atoms with Crippen molar-refractivity contribution in [3.63, 3.8) is 0 Å². The number of amides is 1. The summed E-state index contributed by atoms with van der Waals surface area (Å²) >= 11 is 6.02. The van der Waals surface area contributed by atoms with Crippen molar-refractivity contribution in [2.24, 2.45) is 0 Å². The average molecular weight is 210 g/mol. The molecule has 0 fully saturated rings. The number of fused-ring (bicyclic) bond motifs is 1. The first-order chi connectivity index (χ1) is 6.72. The Hall–Kier alpha value is -1.02. The van der Waals surface area contributed by atoms with E-state index in [1.54, 1.807) is 6.07 Å². The highest BCUT2D eigenvalue weighted by atomic mass is 35.5. The van der Waals surface area contributed by atoms with Crippen molar-refractivity contribution in [3.05, 3.63) is 28.8 Å². The van der Waals surface area contributed by atoms with Gasteiger partial charge in [-0.3, -0.25) is 4.79 Å². The number of halogens is 1. The smallest absolute Gasteiger partial charge is 0.225 e. The van der Waals surface area contributed by atoms with Crippen LogP contribution in [0.15, 0.2) is 18.2 Å². The van der Waals surface area contributed by atoms with Crippen LogP contribution >= 0.6 is 11.6 Å². The molecule has 1 aliphatic heterocycles. The number of para-hydroxylation sites is 1. The quantitative estimate of drug-likeness (QED) is 0.756. The van der Waals surface area contributed by atoms with Crippen LogP contribution in [0, 0.1) is 0 Å². The van der Waals surface area contributed by atoms with Crippen molar-refractivity contribution in [3.8, 4) is 0 Å². The molecule has 0 aliphatic carbocycles. The Morgan fingerprint density at radius 2 is 2.36 bits per heavy atom. The largest absolute Gasteiger partial charge is 0.325 e. The Labute approximate surface area is 88.3 Å². The SMILES string of the molecule is CCC1CC(=O)Nc2c(Cl)cccc21. The number of anilines is 1. The number of rotatable bonds is 1. The first-order valence-electron chi connectivity index (χ1n) is 4.80. The van der Waals surface area contributed by atoms with E-state index in [1.807, 2.05) is 12.1 Å². The van der Waals surface area contributed by atoms with Gasteiger partial charge < -0.3 is 5.32 Å². The van der Waals surface area contributed by atoms with Crippen LogP contribution in [-0.2, 0) is 4.79 Å². The molecule has 0 spiro atoms. The van der Waals surface area contributed by atoms with Crippen molar-refractivity contribution in [1.82, 2.24) is 0 Å². The third-order valence-electron chi connectivity index (χ3n) is 2.67. The summed E-state index contributed by atoms with van der Waals surface area (Å²) in [5, 5.41) is 3.45. The van der Waals surface area contributed by atoms with Gasteiger partial charge in [-0.15, -0.1) is 0 Å². The number of hydrogen-bond donors (Lipinski definition) is 1. The zero-order valence-electron chi connectivity index (χ0n) is 8.01. The van der Waals surface area contributed by atoms with Crippen molar-refractivity contribution < 1.29 is 4.79 Å². The van der Waals surface area contributed by atoms with Crippen LogP contribution in [0.2, 0.25) is 5.02 Å². The molecule has 1 aromatic rings. The van der Waals surface area contributed by atoms with Gasteiger partial charge in [0.05, 0.1) is 10.7 Å². The van der Waals surface area contributed by atoms with Gasteiger partial charge in [0.2, 0.25) is 5.91 Å². The van der Waals surface area contributed by atoms with Crippen LogP contribution in [-0.4, -0.2) is 5.91 Å². The number of carbonyl (C=O) groups is 1. The standard InChI is InChI=1S/C11H12ClNO/c1-2-7-6-10(14)13-11-8(7)4-3-5-9(11)12/h3-5,7H,2,6H2,1H3,(H,13,14). The first kappa shape index (κ1) is 9.53. The van der Waals surface area contributed by atoms with Gasteiger partial charge in [-0.2, -0.15) is 0 Å². The monoisotopic (exact) mass is 209 g/mol. The highest BCUT2D eigenvalue weighted by molar-refractivity contribution is 6.34. The Kier molecular flexibility index (Phi) is 2.46. The van der Waals surface area contributed by atoms with Crippen LogP contribution in [0.1, 0.15) is 31.2 Å². The molecule has 1 N–H and O–H groups in total. The molecule has 1 aliphatic rings. The van der Waals surface area contributed by atoms with E-state index >= 15 is 0 Å². The number of nitrogens with one attached hydrogen (secondary N) is 1. The van der Waals surface area contributed by atoms with Gasteiger partial charge in [0.25, 0.3) is 0 Å². The van der Waals surface area contributed by atoms with Gasteiger partial charge in [-0.1, -0.05) is 30.7 Å². The maximum absolute atomic E-state index is 11.4. The van der Waals surface area contributed by atoms with E-state index in [0.29, 0.717) is 17.4 Å². The Morgan fingerprint density at radius 1 is 1.57 bits per heavy atom. The van der Waals surface area contributed by atoms with E-state index in [9.17, 15) is 4.79 Å². The highest BCUT2D eigenvalue weighted by Crippen LogP contribution is 2.38. The first-order valence-corrected chi connectivity index (χ1v) is 5.18. The number of benzene rings is 1. The van der Waals surface area contributed by atoms with Crippen molar-refractivity contribution in [2.75, 3.05) is 5.32 Å². The predicted octanol–water partition coefficient (Wildman–Crippen LogP) is 3.18. The van der Waals surface area contributed by atoms with E-state index in [4.69, 9.17) is 11.6 Å². The molecule has 0 saturated heterocycles. The summed E-state index contributed by atoms with van der Waals surface area (Å²) < 4.78 is 0. The fourth-order valence-corrected chi connectivity index (χ4v) is 2.13. The van der Waals surface area contributed by atoms with Crippen LogP contribution < -0.4 is 5.32 Å². The molecule has 1 amide bonds. The topological polar surface area (TPSA) is 29.1 Å². The molecule has 0 saturated carbocycles. The maximum atomic E-state index is 11.4. The summed E-state index contributed by atoms with van der Waals surface area (Å²) in [5.41, 5.74) is 1.97. The molecule has 74 valence electrons. The second-order valence-electron chi connectivity index (χ2n) is 3.56. The summed E-state index contributed by atoms with van der Waals surface area (Å²) in [6.45, 7) is 2.09. The van der Waals surface area contributed by atoms with Gasteiger partial charge in [0, 0.05) is 6.42 Å². The molecular weight excluding hydrogens is 198 g/mol. The predicted molar refractivity (Wildman–Crippen MR) is 57.7 cm³/mol.